The van der Waals surface area contributed by atoms with Crippen molar-refractivity contribution in [2.75, 3.05) is 27.3 Å². The molecule has 22 heavy (non-hydrogen) atoms. The Morgan fingerprint density at radius 2 is 2.18 bits per heavy atom. The molecule has 0 spiro atoms. The maximum Gasteiger partial charge on any atom is 0.227 e. The molecule has 2 atom stereocenters. The highest BCUT2D eigenvalue weighted by molar-refractivity contribution is 5.79. The lowest BCUT2D eigenvalue weighted by Gasteiger charge is -2.34. The summed E-state index contributed by atoms with van der Waals surface area (Å²) in [7, 11) is 3.23. The Morgan fingerprint density at radius 3 is 2.82 bits per heavy atom. The van der Waals surface area contributed by atoms with Crippen molar-refractivity contribution in [2.24, 2.45) is 11.7 Å². The molecule has 0 saturated carbocycles. The summed E-state index contributed by atoms with van der Waals surface area (Å²) >= 11 is 0. The van der Waals surface area contributed by atoms with E-state index < -0.39 is 0 Å². The van der Waals surface area contributed by atoms with Crippen LogP contribution in [0.15, 0.2) is 18.2 Å². The van der Waals surface area contributed by atoms with E-state index in [-0.39, 0.29) is 11.9 Å². The van der Waals surface area contributed by atoms with Gasteiger partial charge in [0, 0.05) is 24.7 Å². The van der Waals surface area contributed by atoms with Crippen LogP contribution in [0.5, 0.6) is 11.5 Å². The SMILES string of the molecule is COc1ccc(OC)c(CC(=O)N2CCCC(C(C)N)C2)c1. The van der Waals surface area contributed by atoms with Crippen LogP contribution in [0.3, 0.4) is 0 Å². The molecule has 0 aromatic heterocycles. The summed E-state index contributed by atoms with van der Waals surface area (Å²) < 4.78 is 10.6. The Balaban J connectivity index is 2.08. The number of ether oxygens (including phenoxy) is 2. The molecule has 1 aliphatic rings. The van der Waals surface area contributed by atoms with Crippen LogP contribution < -0.4 is 15.2 Å². The summed E-state index contributed by atoms with van der Waals surface area (Å²) in [6.07, 6.45) is 2.45. The standard InChI is InChI=1S/C17H26N2O3/c1-12(18)13-5-4-8-19(11-13)17(20)10-14-9-15(21-2)6-7-16(14)22-3/h6-7,9,12-13H,4-5,8,10-11,18H2,1-3H3. The third-order valence-corrected chi connectivity index (χ3v) is 4.38. The fourth-order valence-corrected chi connectivity index (χ4v) is 2.96. The van der Waals surface area contributed by atoms with Gasteiger partial charge < -0.3 is 20.1 Å². The molecule has 2 unspecified atom stereocenters. The number of amides is 1. The van der Waals surface area contributed by atoms with Gasteiger partial charge in [0.25, 0.3) is 0 Å². The molecule has 2 rings (SSSR count). The Hall–Kier alpha value is -1.75. The quantitative estimate of drug-likeness (QED) is 0.901. The van der Waals surface area contributed by atoms with E-state index in [1.807, 2.05) is 30.0 Å². The van der Waals surface area contributed by atoms with Crippen molar-refractivity contribution in [1.82, 2.24) is 4.90 Å². The molecule has 0 radical (unpaired) electrons. The van der Waals surface area contributed by atoms with Crippen molar-refractivity contribution < 1.29 is 14.3 Å². The lowest BCUT2D eigenvalue weighted by molar-refractivity contribution is -0.132. The lowest BCUT2D eigenvalue weighted by atomic mass is 9.92. The van der Waals surface area contributed by atoms with Crippen LogP contribution in [-0.4, -0.2) is 44.2 Å². The molecule has 1 saturated heterocycles. The average Bonchev–Trinajstić information content (AvgIpc) is 2.54. The fourth-order valence-electron chi connectivity index (χ4n) is 2.96. The fraction of sp³-hybridized carbons (Fsp3) is 0.588. The largest absolute Gasteiger partial charge is 0.497 e. The van der Waals surface area contributed by atoms with Crippen LogP contribution in [0.1, 0.15) is 25.3 Å². The summed E-state index contributed by atoms with van der Waals surface area (Å²) in [6.45, 7) is 3.58. The highest BCUT2D eigenvalue weighted by atomic mass is 16.5. The minimum atomic E-state index is 0.122. The van der Waals surface area contributed by atoms with Gasteiger partial charge in [0.15, 0.2) is 0 Å². The predicted molar refractivity (Wildman–Crippen MR) is 86.2 cm³/mol. The molecule has 2 N–H and O–H groups in total. The average molecular weight is 306 g/mol. The first-order chi connectivity index (χ1) is 10.5. The summed E-state index contributed by atoms with van der Waals surface area (Å²) in [5.74, 6) is 1.97. The van der Waals surface area contributed by atoms with Crippen LogP contribution in [0.2, 0.25) is 0 Å². The van der Waals surface area contributed by atoms with E-state index in [1.165, 1.54) is 0 Å². The predicted octanol–water partition coefficient (Wildman–Crippen LogP) is 1.83. The highest BCUT2D eigenvalue weighted by Crippen LogP contribution is 2.26. The van der Waals surface area contributed by atoms with Crippen LogP contribution in [0.4, 0.5) is 0 Å². The number of nitrogens with zero attached hydrogens (tertiary/aromatic N) is 1. The van der Waals surface area contributed by atoms with E-state index in [1.54, 1.807) is 14.2 Å². The molecule has 0 aliphatic carbocycles. The molecular formula is C17H26N2O3. The number of hydrogen-bond donors (Lipinski definition) is 1. The number of carbonyl (C=O) groups excluding carboxylic acids is 1. The van der Waals surface area contributed by atoms with Crippen LogP contribution in [-0.2, 0) is 11.2 Å². The van der Waals surface area contributed by atoms with E-state index >= 15 is 0 Å². The molecule has 0 bridgehead atoms. The number of hydrogen-bond acceptors (Lipinski definition) is 4. The molecular weight excluding hydrogens is 280 g/mol. The van der Waals surface area contributed by atoms with Crippen molar-refractivity contribution in [1.29, 1.82) is 0 Å². The maximum atomic E-state index is 12.6. The van der Waals surface area contributed by atoms with Crippen molar-refractivity contribution in [3.8, 4) is 11.5 Å². The Bertz CT molecular complexity index is 517. The summed E-state index contributed by atoms with van der Waals surface area (Å²) in [4.78, 5) is 14.5. The van der Waals surface area contributed by atoms with Crippen LogP contribution >= 0.6 is 0 Å². The van der Waals surface area contributed by atoms with Gasteiger partial charge >= 0.3 is 0 Å². The van der Waals surface area contributed by atoms with Crippen molar-refractivity contribution in [3.63, 3.8) is 0 Å². The van der Waals surface area contributed by atoms with Gasteiger partial charge in [0.1, 0.15) is 11.5 Å². The monoisotopic (exact) mass is 306 g/mol. The maximum absolute atomic E-state index is 12.6. The van der Waals surface area contributed by atoms with E-state index in [0.717, 1.165) is 43.0 Å². The second-order valence-corrected chi connectivity index (χ2v) is 5.96. The zero-order chi connectivity index (χ0) is 16.1. The number of carbonyl (C=O) groups is 1. The minimum Gasteiger partial charge on any atom is -0.497 e. The van der Waals surface area contributed by atoms with E-state index in [2.05, 4.69) is 0 Å². The molecule has 5 nitrogen and oxygen atoms in total. The topological polar surface area (TPSA) is 64.8 Å². The summed E-state index contributed by atoms with van der Waals surface area (Å²) in [6, 6.07) is 5.66. The number of nitrogens with two attached hydrogens (primary N) is 1. The van der Waals surface area contributed by atoms with E-state index in [9.17, 15) is 4.79 Å². The molecule has 1 fully saturated rings. The summed E-state index contributed by atoms with van der Waals surface area (Å²) in [5.41, 5.74) is 6.85. The van der Waals surface area contributed by atoms with E-state index in [0.29, 0.717) is 12.3 Å². The van der Waals surface area contributed by atoms with Gasteiger partial charge in [-0.15, -0.1) is 0 Å². The van der Waals surface area contributed by atoms with Gasteiger partial charge in [0.05, 0.1) is 20.6 Å². The smallest absolute Gasteiger partial charge is 0.227 e. The molecule has 1 heterocycles. The second kappa shape index (κ2) is 7.49. The summed E-state index contributed by atoms with van der Waals surface area (Å²) in [5, 5.41) is 0. The van der Waals surface area contributed by atoms with Crippen molar-refractivity contribution in [3.05, 3.63) is 23.8 Å². The molecule has 1 aliphatic heterocycles. The first kappa shape index (κ1) is 16.6. The zero-order valence-electron chi connectivity index (χ0n) is 13.7. The zero-order valence-corrected chi connectivity index (χ0v) is 13.7. The van der Waals surface area contributed by atoms with Gasteiger partial charge in [-0.2, -0.15) is 0 Å². The van der Waals surface area contributed by atoms with Gasteiger partial charge in [-0.25, -0.2) is 0 Å². The van der Waals surface area contributed by atoms with Gasteiger partial charge in [-0.3, -0.25) is 4.79 Å². The van der Waals surface area contributed by atoms with Crippen LogP contribution in [0, 0.1) is 5.92 Å². The first-order valence-corrected chi connectivity index (χ1v) is 7.79. The van der Waals surface area contributed by atoms with E-state index in [4.69, 9.17) is 15.2 Å². The number of methoxy groups -OCH3 is 2. The lowest BCUT2D eigenvalue weighted by Crippen LogP contribution is -2.45. The second-order valence-electron chi connectivity index (χ2n) is 5.96. The molecule has 5 heteroatoms. The van der Waals surface area contributed by atoms with Gasteiger partial charge in [-0.05, 0) is 43.9 Å². The molecule has 1 aromatic rings. The molecule has 122 valence electrons. The Labute approximate surface area is 132 Å². The van der Waals surface area contributed by atoms with Gasteiger partial charge in [-0.1, -0.05) is 0 Å². The molecule has 1 aromatic carbocycles. The van der Waals surface area contributed by atoms with Crippen molar-refractivity contribution >= 4 is 5.91 Å². The Morgan fingerprint density at radius 1 is 1.41 bits per heavy atom. The normalized spacial score (nSPS) is 19.6. The molecule has 1 amide bonds. The van der Waals surface area contributed by atoms with Crippen molar-refractivity contribution in [2.45, 2.75) is 32.2 Å². The highest BCUT2D eigenvalue weighted by Gasteiger charge is 2.26. The third-order valence-electron chi connectivity index (χ3n) is 4.38. The number of likely N-dealkylation sites (tertiary alicyclic amines) is 1. The van der Waals surface area contributed by atoms with Gasteiger partial charge in [0.2, 0.25) is 5.91 Å². The number of rotatable bonds is 5. The minimum absolute atomic E-state index is 0.122. The number of piperidine rings is 1. The van der Waals surface area contributed by atoms with Crippen LogP contribution in [0.25, 0.3) is 0 Å². The Kier molecular flexibility index (Phi) is 5.66. The number of benzene rings is 1. The first-order valence-electron chi connectivity index (χ1n) is 7.79. The third kappa shape index (κ3) is 3.91.